The van der Waals surface area contributed by atoms with Gasteiger partial charge in [-0.25, -0.2) is 0 Å². The van der Waals surface area contributed by atoms with Gasteiger partial charge in [0.15, 0.2) is 0 Å². The zero-order valence-corrected chi connectivity index (χ0v) is 22.9. The van der Waals surface area contributed by atoms with Crippen molar-refractivity contribution in [1.29, 1.82) is 0 Å². The van der Waals surface area contributed by atoms with E-state index in [9.17, 15) is 5.11 Å². The van der Waals surface area contributed by atoms with E-state index in [2.05, 4.69) is 34.6 Å². The lowest BCUT2D eigenvalue weighted by Crippen LogP contribution is -2.54. The second kappa shape index (κ2) is 11.5. The summed E-state index contributed by atoms with van der Waals surface area (Å²) >= 11 is 0. The smallest absolute Gasteiger partial charge is 0.146 e. The molecular weight excluding hydrogens is 424 g/mol. The van der Waals surface area contributed by atoms with Crippen LogP contribution in [-0.4, -0.2) is 43.9 Å². The van der Waals surface area contributed by atoms with Crippen LogP contribution in [0.25, 0.3) is 0 Å². The Morgan fingerprint density at radius 1 is 0.853 bits per heavy atom. The third kappa shape index (κ3) is 5.41. The quantitative estimate of drug-likeness (QED) is 0.261. The van der Waals surface area contributed by atoms with E-state index in [4.69, 9.17) is 14.2 Å². The molecule has 4 aliphatic rings. The molecule has 0 spiro atoms. The second-order valence-electron chi connectivity index (χ2n) is 13.1. The fourth-order valence-electron chi connectivity index (χ4n) is 9.28. The first-order valence-corrected chi connectivity index (χ1v) is 14.7. The summed E-state index contributed by atoms with van der Waals surface area (Å²) in [5.41, 5.74) is 1.00. The molecule has 0 radical (unpaired) electrons. The molecule has 4 saturated carbocycles. The topological polar surface area (TPSA) is 47.9 Å². The molecule has 0 bridgehead atoms. The third-order valence-corrected chi connectivity index (χ3v) is 11.5. The molecule has 4 aliphatic carbocycles. The van der Waals surface area contributed by atoms with Gasteiger partial charge in [-0.2, -0.15) is 0 Å². The van der Waals surface area contributed by atoms with Crippen LogP contribution in [0.15, 0.2) is 0 Å². The van der Waals surface area contributed by atoms with E-state index >= 15 is 0 Å². The fraction of sp³-hybridized carbons (Fsp3) is 1.00. The van der Waals surface area contributed by atoms with Crippen LogP contribution < -0.4 is 0 Å². The highest BCUT2D eigenvalue weighted by atomic mass is 16.7. The summed E-state index contributed by atoms with van der Waals surface area (Å²) < 4.78 is 17.1. The van der Waals surface area contributed by atoms with Gasteiger partial charge in [0.1, 0.15) is 6.79 Å². The summed E-state index contributed by atoms with van der Waals surface area (Å²) in [5, 5.41) is 10.3. The SMILES string of the molecule is CCC(C)OCCOCOCCC(C)C1CCC2C3CCC4CC(O)CCC4(C)C3CCC12C. The van der Waals surface area contributed by atoms with Gasteiger partial charge in [-0.15, -0.1) is 0 Å². The Kier molecular flexibility index (Phi) is 9.08. The summed E-state index contributed by atoms with van der Waals surface area (Å²) in [5.74, 6) is 5.06. The minimum atomic E-state index is -0.0362. The van der Waals surface area contributed by atoms with E-state index in [1.54, 1.807) is 0 Å². The molecule has 10 unspecified atom stereocenters. The number of rotatable bonds is 11. The standard InChI is InChI=1S/C30H54O4/c1-6-22(3)34-18-17-33-20-32-16-13-21(2)26-9-10-27-25-8-7-23-19-24(31)11-14-29(23,4)28(25)12-15-30(26,27)5/h21-28,31H,6-20H2,1-5H3. The molecule has 0 aromatic heterocycles. The lowest BCUT2D eigenvalue weighted by Gasteiger charge is -2.61. The monoisotopic (exact) mass is 478 g/mol. The number of hydrogen-bond donors (Lipinski definition) is 1. The van der Waals surface area contributed by atoms with Gasteiger partial charge in [0, 0.05) is 6.61 Å². The Labute approximate surface area is 209 Å². The summed E-state index contributed by atoms with van der Waals surface area (Å²) in [6, 6.07) is 0. The predicted octanol–water partition coefficient (Wildman–Crippen LogP) is 6.84. The molecule has 0 aromatic rings. The Hall–Kier alpha value is -0.160. The zero-order valence-electron chi connectivity index (χ0n) is 22.9. The Bertz CT molecular complexity index is 639. The largest absolute Gasteiger partial charge is 0.393 e. The van der Waals surface area contributed by atoms with Crippen molar-refractivity contribution >= 4 is 0 Å². The van der Waals surface area contributed by atoms with Gasteiger partial charge in [0.05, 0.1) is 25.4 Å². The first kappa shape index (κ1) is 26.9. The van der Waals surface area contributed by atoms with Gasteiger partial charge in [-0.05, 0) is 124 Å². The van der Waals surface area contributed by atoms with Crippen LogP contribution in [-0.2, 0) is 14.2 Å². The highest BCUT2D eigenvalue weighted by Gasteiger charge is 2.60. The molecule has 4 heteroatoms. The second-order valence-corrected chi connectivity index (χ2v) is 13.1. The lowest BCUT2D eigenvalue weighted by atomic mass is 9.44. The first-order valence-electron chi connectivity index (χ1n) is 14.7. The molecule has 0 aliphatic heterocycles. The van der Waals surface area contributed by atoms with Crippen LogP contribution >= 0.6 is 0 Å². The normalized spacial score (nSPS) is 43.6. The van der Waals surface area contributed by atoms with Crippen molar-refractivity contribution in [2.45, 2.75) is 117 Å². The average Bonchev–Trinajstić information content (AvgIpc) is 3.18. The Morgan fingerprint density at radius 2 is 1.59 bits per heavy atom. The van der Waals surface area contributed by atoms with E-state index in [1.165, 1.54) is 44.9 Å². The minimum absolute atomic E-state index is 0.0362. The molecule has 0 saturated heterocycles. The van der Waals surface area contributed by atoms with Crippen molar-refractivity contribution < 1.29 is 19.3 Å². The van der Waals surface area contributed by atoms with E-state index in [0.717, 1.165) is 67.8 Å². The van der Waals surface area contributed by atoms with Crippen LogP contribution in [0.2, 0.25) is 0 Å². The Balaban J connectivity index is 1.23. The van der Waals surface area contributed by atoms with Crippen molar-refractivity contribution in [3.8, 4) is 0 Å². The number of aliphatic hydroxyl groups excluding tert-OH is 1. The van der Waals surface area contributed by atoms with Crippen molar-refractivity contribution in [3.63, 3.8) is 0 Å². The van der Waals surface area contributed by atoms with Crippen LogP contribution in [0.5, 0.6) is 0 Å². The minimum Gasteiger partial charge on any atom is -0.393 e. The van der Waals surface area contributed by atoms with E-state index in [1.807, 2.05) is 0 Å². The van der Waals surface area contributed by atoms with E-state index in [0.29, 0.717) is 36.9 Å². The van der Waals surface area contributed by atoms with Crippen molar-refractivity contribution in [3.05, 3.63) is 0 Å². The van der Waals surface area contributed by atoms with Crippen LogP contribution in [0.4, 0.5) is 0 Å². The maximum atomic E-state index is 10.3. The van der Waals surface area contributed by atoms with Gasteiger partial charge < -0.3 is 19.3 Å². The number of hydrogen-bond acceptors (Lipinski definition) is 4. The number of ether oxygens (including phenoxy) is 3. The summed E-state index contributed by atoms with van der Waals surface area (Å²) in [6.45, 7) is 14.4. The lowest BCUT2D eigenvalue weighted by molar-refractivity contribution is -0.130. The van der Waals surface area contributed by atoms with Crippen molar-refractivity contribution in [2.75, 3.05) is 26.6 Å². The summed E-state index contributed by atoms with van der Waals surface area (Å²) in [6.07, 6.45) is 14.3. The van der Waals surface area contributed by atoms with Gasteiger partial charge >= 0.3 is 0 Å². The zero-order chi connectivity index (χ0) is 24.3. The van der Waals surface area contributed by atoms with Crippen molar-refractivity contribution in [1.82, 2.24) is 0 Å². The molecule has 0 aromatic carbocycles. The molecule has 198 valence electrons. The first-order chi connectivity index (χ1) is 16.3. The number of aliphatic hydroxyl groups is 1. The van der Waals surface area contributed by atoms with Gasteiger partial charge in [0.2, 0.25) is 0 Å². The average molecular weight is 479 g/mol. The molecule has 4 nitrogen and oxygen atoms in total. The van der Waals surface area contributed by atoms with Gasteiger partial charge in [0.25, 0.3) is 0 Å². The molecule has 34 heavy (non-hydrogen) atoms. The molecule has 4 rings (SSSR count). The van der Waals surface area contributed by atoms with Gasteiger partial charge in [-0.1, -0.05) is 27.7 Å². The van der Waals surface area contributed by atoms with E-state index < -0.39 is 0 Å². The molecule has 0 heterocycles. The predicted molar refractivity (Wildman–Crippen MR) is 137 cm³/mol. The third-order valence-electron chi connectivity index (χ3n) is 11.5. The molecule has 10 atom stereocenters. The maximum Gasteiger partial charge on any atom is 0.146 e. The maximum absolute atomic E-state index is 10.3. The number of fused-ring (bicyclic) bond motifs is 5. The molecule has 1 N–H and O–H groups in total. The van der Waals surface area contributed by atoms with Crippen LogP contribution in [0.3, 0.4) is 0 Å². The highest BCUT2D eigenvalue weighted by Crippen LogP contribution is 2.68. The summed E-state index contributed by atoms with van der Waals surface area (Å²) in [4.78, 5) is 0. The molecule has 4 fully saturated rings. The van der Waals surface area contributed by atoms with E-state index in [-0.39, 0.29) is 6.10 Å². The van der Waals surface area contributed by atoms with Crippen LogP contribution in [0.1, 0.15) is 105 Å². The van der Waals surface area contributed by atoms with Crippen molar-refractivity contribution in [2.24, 2.45) is 46.3 Å². The summed E-state index contributed by atoms with van der Waals surface area (Å²) in [7, 11) is 0. The molecular formula is C30H54O4. The fourth-order valence-corrected chi connectivity index (χ4v) is 9.28. The van der Waals surface area contributed by atoms with Crippen LogP contribution in [0, 0.1) is 46.3 Å². The van der Waals surface area contributed by atoms with Gasteiger partial charge in [-0.3, -0.25) is 0 Å². The highest BCUT2D eigenvalue weighted by molar-refractivity contribution is 5.09. The molecule has 0 amide bonds. The Morgan fingerprint density at radius 3 is 2.38 bits per heavy atom.